The monoisotopic (exact) mass is 414 g/mol. The van der Waals surface area contributed by atoms with Crippen molar-refractivity contribution in [2.24, 2.45) is 5.92 Å². The molecule has 0 aromatic heterocycles. The molecule has 0 spiro atoms. The summed E-state index contributed by atoms with van der Waals surface area (Å²) in [7, 11) is 0. The summed E-state index contributed by atoms with van der Waals surface area (Å²) in [6.07, 6.45) is 0.886. The number of thioether (sulfide) groups is 1. The molecule has 2 atom stereocenters. The van der Waals surface area contributed by atoms with Gasteiger partial charge in [-0.3, -0.25) is 9.59 Å². The van der Waals surface area contributed by atoms with Crippen molar-refractivity contribution in [3.63, 3.8) is 0 Å². The number of amides is 2. The molecular weight excluding hydrogens is 395 g/mol. The van der Waals surface area contributed by atoms with Gasteiger partial charge in [0.05, 0.1) is 12.0 Å². The van der Waals surface area contributed by atoms with Crippen LogP contribution in [0, 0.1) is 11.7 Å². The van der Waals surface area contributed by atoms with Crippen molar-refractivity contribution in [2.45, 2.75) is 23.8 Å². The third kappa shape index (κ3) is 3.42. The molecule has 150 valence electrons. The Hall–Kier alpha value is -2.74. The molecule has 1 fully saturated rings. The molecule has 0 radical (unpaired) electrons. The second-order valence-corrected chi connectivity index (χ2v) is 8.46. The van der Waals surface area contributed by atoms with E-state index in [1.54, 1.807) is 40.9 Å². The van der Waals surface area contributed by atoms with Gasteiger partial charge in [-0.2, -0.15) is 0 Å². The highest BCUT2D eigenvalue weighted by Crippen LogP contribution is 2.38. The average Bonchev–Trinajstić information content (AvgIpc) is 3.34. The van der Waals surface area contributed by atoms with Crippen molar-refractivity contribution in [3.05, 3.63) is 47.8 Å². The van der Waals surface area contributed by atoms with E-state index >= 15 is 0 Å². The third-order valence-corrected chi connectivity index (χ3v) is 6.61. The lowest BCUT2D eigenvalue weighted by molar-refractivity contribution is -0.127. The van der Waals surface area contributed by atoms with E-state index in [0.717, 1.165) is 22.6 Å². The Morgan fingerprint density at radius 3 is 2.93 bits per heavy atom. The maximum absolute atomic E-state index is 13.7. The van der Waals surface area contributed by atoms with Gasteiger partial charge in [0.15, 0.2) is 11.5 Å². The molecule has 0 unspecified atom stereocenters. The summed E-state index contributed by atoms with van der Waals surface area (Å²) >= 11 is 1.67. The summed E-state index contributed by atoms with van der Waals surface area (Å²) in [5.74, 6) is 1.08. The molecule has 6 nitrogen and oxygen atoms in total. The van der Waals surface area contributed by atoms with Crippen molar-refractivity contribution >= 4 is 29.3 Å². The Kier molecular flexibility index (Phi) is 4.58. The first kappa shape index (κ1) is 18.3. The zero-order valence-electron chi connectivity index (χ0n) is 15.5. The number of fused-ring (bicyclic) bond motifs is 2. The van der Waals surface area contributed by atoms with Crippen molar-refractivity contribution in [2.75, 3.05) is 24.0 Å². The van der Waals surface area contributed by atoms with Crippen LogP contribution in [0.25, 0.3) is 0 Å². The quantitative estimate of drug-likeness (QED) is 0.835. The Morgan fingerprint density at radius 1 is 1.17 bits per heavy atom. The molecule has 0 bridgehead atoms. The van der Waals surface area contributed by atoms with Gasteiger partial charge in [-0.05, 0) is 42.3 Å². The van der Waals surface area contributed by atoms with E-state index in [4.69, 9.17) is 9.47 Å². The molecule has 2 aromatic carbocycles. The Morgan fingerprint density at radius 2 is 2.03 bits per heavy atom. The lowest BCUT2D eigenvalue weighted by atomic mass is 10.0. The number of rotatable bonds is 3. The fourth-order valence-corrected chi connectivity index (χ4v) is 5.10. The highest BCUT2D eigenvalue weighted by molar-refractivity contribution is 7.99. The molecule has 3 heterocycles. The first-order valence-corrected chi connectivity index (χ1v) is 10.5. The number of carbonyl (C=O) groups is 2. The van der Waals surface area contributed by atoms with Gasteiger partial charge in [0.25, 0.3) is 0 Å². The van der Waals surface area contributed by atoms with E-state index in [-0.39, 0.29) is 36.9 Å². The van der Waals surface area contributed by atoms with Crippen LogP contribution < -0.4 is 19.7 Å². The predicted molar refractivity (Wildman–Crippen MR) is 106 cm³/mol. The Labute approximate surface area is 171 Å². The van der Waals surface area contributed by atoms with Crippen LogP contribution in [0.2, 0.25) is 0 Å². The molecular formula is C21H19FN2O4S. The highest BCUT2D eigenvalue weighted by atomic mass is 32.2. The van der Waals surface area contributed by atoms with Crippen molar-refractivity contribution in [1.82, 2.24) is 5.32 Å². The van der Waals surface area contributed by atoms with Crippen LogP contribution in [0.15, 0.2) is 41.3 Å². The van der Waals surface area contributed by atoms with Gasteiger partial charge in [-0.25, -0.2) is 4.39 Å². The minimum atomic E-state index is -0.445. The van der Waals surface area contributed by atoms with Crippen LogP contribution in [0.5, 0.6) is 11.5 Å². The summed E-state index contributed by atoms with van der Waals surface area (Å²) in [5.41, 5.74) is 1.50. The van der Waals surface area contributed by atoms with Crippen LogP contribution in [0.4, 0.5) is 10.1 Å². The van der Waals surface area contributed by atoms with E-state index in [2.05, 4.69) is 5.32 Å². The zero-order chi connectivity index (χ0) is 20.0. The van der Waals surface area contributed by atoms with Gasteiger partial charge in [0.2, 0.25) is 18.6 Å². The normalized spacial score (nSPS) is 22.5. The third-order valence-electron chi connectivity index (χ3n) is 5.49. The van der Waals surface area contributed by atoms with Crippen molar-refractivity contribution < 1.29 is 23.5 Å². The lowest BCUT2D eigenvalue weighted by Gasteiger charge is -2.27. The summed E-state index contributed by atoms with van der Waals surface area (Å²) < 4.78 is 24.4. The lowest BCUT2D eigenvalue weighted by Crippen LogP contribution is -2.36. The molecule has 3 aliphatic heterocycles. The number of halogens is 1. The number of hydrogen-bond acceptors (Lipinski definition) is 5. The van der Waals surface area contributed by atoms with E-state index in [9.17, 15) is 14.0 Å². The smallest absolute Gasteiger partial charge is 0.231 e. The van der Waals surface area contributed by atoms with E-state index in [1.165, 1.54) is 12.1 Å². The van der Waals surface area contributed by atoms with Crippen molar-refractivity contribution in [3.8, 4) is 11.5 Å². The van der Waals surface area contributed by atoms with Crippen LogP contribution >= 0.6 is 11.8 Å². The summed E-state index contributed by atoms with van der Waals surface area (Å²) in [4.78, 5) is 28.0. The number of ether oxygens (including phenoxy) is 2. The highest BCUT2D eigenvalue weighted by Gasteiger charge is 2.37. The number of benzene rings is 2. The second kappa shape index (κ2) is 7.26. The van der Waals surface area contributed by atoms with E-state index in [1.807, 2.05) is 0 Å². The fraction of sp³-hybridized carbons (Fsp3) is 0.333. The second-order valence-electron chi connectivity index (χ2n) is 7.32. The standard InChI is InChI=1S/C21H19FN2O4S/c22-13-1-4-19-15(8-13)16(5-6-29-19)23-21(26)12-7-20(25)24(10-12)14-2-3-17-18(9-14)28-11-27-17/h1-4,8-9,12,16H,5-7,10-11H2,(H,23,26)/t12-,16-/m0/s1. The van der Waals surface area contributed by atoms with Crippen LogP contribution in [-0.4, -0.2) is 30.9 Å². The molecule has 1 N–H and O–H groups in total. The topological polar surface area (TPSA) is 67.9 Å². The predicted octanol–water partition coefficient (Wildman–Crippen LogP) is 3.26. The molecule has 2 aromatic rings. The molecule has 0 saturated carbocycles. The van der Waals surface area contributed by atoms with Gasteiger partial charge in [-0.15, -0.1) is 11.8 Å². The van der Waals surface area contributed by atoms with Crippen LogP contribution in [-0.2, 0) is 9.59 Å². The largest absolute Gasteiger partial charge is 0.454 e. The maximum Gasteiger partial charge on any atom is 0.231 e. The number of hydrogen-bond donors (Lipinski definition) is 1. The molecule has 29 heavy (non-hydrogen) atoms. The average molecular weight is 414 g/mol. The minimum Gasteiger partial charge on any atom is -0.454 e. The van der Waals surface area contributed by atoms with Gasteiger partial charge in [0, 0.05) is 35.4 Å². The number of anilines is 1. The molecule has 1 saturated heterocycles. The number of nitrogens with one attached hydrogen (secondary N) is 1. The van der Waals surface area contributed by atoms with Crippen LogP contribution in [0.3, 0.4) is 0 Å². The Balaban J connectivity index is 1.30. The Bertz CT molecular complexity index is 999. The van der Waals surface area contributed by atoms with Gasteiger partial charge in [0.1, 0.15) is 5.82 Å². The molecule has 2 amide bonds. The van der Waals surface area contributed by atoms with E-state index in [0.29, 0.717) is 23.7 Å². The van der Waals surface area contributed by atoms with Gasteiger partial charge in [-0.1, -0.05) is 0 Å². The maximum atomic E-state index is 13.7. The molecule has 8 heteroatoms. The SMILES string of the molecule is O=C(N[C@H]1CCSc2ccc(F)cc21)[C@H]1CC(=O)N(c2ccc3c(c2)OCO3)C1. The minimum absolute atomic E-state index is 0.102. The van der Waals surface area contributed by atoms with Gasteiger partial charge >= 0.3 is 0 Å². The van der Waals surface area contributed by atoms with E-state index < -0.39 is 5.92 Å². The van der Waals surface area contributed by atoms with Crippen molar-refractivity contribution in [1.29, 1.82) is 0 Å². The molecule has 3 aliphatic rings. The van der Waals surface area contributed by atoms with Gasteiger partial charge < -0.3 is 19.7 Å². The fourth-order valence-electron chi connectivity index (χ4n) is 3.99. The first-order chi connectivity index (χ1) is 14.1. The number of carbonyl (C=O) groups excluding carboxylic acids is 2. The van der Waals surface area contributed by atoms with Crippen LogP contribution in [0.1, 0.15) is 24.4 Å². The summed E-state index contributed by atoms with van der Waals surface area (Å²) in [6.45, 7) is 0.474. The molecule has 0 aliphatic carbocycles. The number of nitrogens with zero attached hydrogens (tertiary/aromatic N) is 1. The summed E-state index contributed by atoms with van der Waals surface area (Å²) in [5, 5.41) is 3.04. The summed E-state index contributed by atoms with van der Waals surface area (Å²) in [6, 6.07) is 9.78. The molecule has 5 rings (SSSR count). The zero-order valence-corrected chi connectivity index (χ0v) is 16.3. The first-order valence-electron chi connectivity index (χ1n) is 9.51.